The number of likely N-dealkylation sites (N-methyl/N-ethyl adjacent to an activating group) is 1. The summed E-state index contributed by atoms with van der Waals surface area (Å²) < 4.78 is 78.8. The van der Waals surface area contributed by atoms with Crippen LogP contribution in [0.2, 0.25) is 0 Å². The maximum atomic E-state index is 13.2. The number of amides is 1. The van der Waals surface area contributed by atoms with E-state index in [2.05, 4.69) is 0 Å². The first-order valence-electron chi connectivity index (χ1n) is 7.92. The molecule has 0 aliphatic rings. The Morgan fingerprint density at radius 1 is 1.18 bits per heavy atom. The highest BCUT2D eigenvalue weighted by atomic mass is 19.4. The van der Waals surface area contributed by atoms with Gasteiger partial charge < -0.3 is 9.80 Å². The minimum atomic E-state index is -4.96. The molecule has 1 atom stereocenters. The molecule has 1 aromatic rings. The summed E-state index contributed by atoms with van der Waals surface area (Å²) in [5.74, 6) is -0.841. The van der Waals surface area contributed by atoms with Gasteiger partial charge in [-0.05, 0) is 24.6 Å². The van der Waals surface area contributed by atoms with E-state index in [4.69, 9.17) is 10.5 Å². The van der Waals surface area contributed by atoms with E-state index >= 15 is 0 Å². The number of anilines is 1. The Balaban J connectivity index is 3.52. The van der Waals surface area contributed by atoms with Gasteiger partial charge in [-0.1, -0.05) is 6.92 Å². The standard InChI is InChI=1S/C17H16F6N4O/c1-3-14(15(28)26(2)7-6-24)27(10-16(18,19)20)12-5-4-11(9-25)13(8-12)17(21,22)23/h4-5,8,14H,3,7,10H2,1-2H3. The summed E-state index contributed by atoms with van der Waals surface area (Å²) in [5.41, 5.74) is -2.65. The van der Waals surface area contributed by atoms with Crippen LogP contribution in [0.4, 0.5) is 32.0 Å². The summed E-state index contributed by atoms with van der Waals surface area (Å²) in [6, 6.07) is 3.69. The fourth-order valence-electron chi connectivity index (χ4n) is 2.58. The Labute approximate surface area is 157 Å². The molecule has 1 rings (SSSR count). The number of hydrogen-bond acceptors (Lipinski definition) is 4. The second kappa shape index (κ2) is 8.83. The molecule has 0 aliphatic heterocycles. The first-order chi connectivity index (χ1) is 12.9. The Morgan fingerprint density at radius 2 is 1.79 bits per heavy atom. The van der Waals surface area contributed by atoms with Crippen LogP contribution in [0.5, 0.6) is 0 Å². The minimum Gasteiger partial charge on any atom is -0.350 e. The average molecular weight is 406 g/mol. The van der Waals surface area contributed by atoms with Gasteiger partial charge in [0.2, 0.25) is 5.91 Å². The van der Waals surface area contributed by atoms with Crippen LogP contribution in [-0.4, -0.2) is 43.2 Å². The number of nitrogens with zero attached hydrogens (tertiary/aromatic N) is 4. The molecule has 0 aliphatic carbocycles. The van der Waals surface area contributed by atoms with E-state index in [-0.39, 0.29) is 6.42 Å². The summed E-state index contributed by atoms with van der Waals surface area (Å²) in [6.07, 6.45) is -9.92. The fraction of sp³-hybridized carbons (Fsp3) is 0.471. The van der Waals surface area contributed by atoms with E-state index in [0.29, 0.717) is 11.0 Å². The van der Waals surface area contributed by atoms with Crippen molar-refractivity contribution in [2.45, 2.75) is 31.7 Å². The molecule has 0 radical (unpaired) electrons. The van der Waals surface area contributed by atoms with Crippen molar-refractivity contribution in [3.05, 3.63) is 29.3 Å². The third kappa shape index (κ3) is 5.78. The zero-order valence-electron chi connectivity index (χ0n) is 14.9. The molecular formula is C17H16F6N4O. The Kier molecular flexibility index (Phi) is 7.28. The normalized spacial score (nSPS) is 12.6. The monoisotopic (exact) mass is 406 g/mol. The van der Waals surface area contributed by atoms with Gasteiger partial charge in [-0.25, -0.2) is 0 Å². The molecule has 0 fully saturated rings. The number of alkyl halides is 6. The quantitative estimate of drug-likeness (QED) is 0.534. The second-order valence-corrected chi connectivity index (χ2v) is 5.86. The fourth-order valence-corrected chi connectivity index (χ4v) is 2.58. The highest BCUT2D eigenvalue weighted by molar-refractivity contribution is 5.85. The lowest BCUT2D eigenvalue weighted by atomic mass is 10.0. The number of nitriles is 2. The number of carbonyl (C=O) groups excluding carboxylic acids is 1. The van der Waals surface area contributed by atoms with Gasteiger partial charge in [-0.3, -0.25) is 4.79 Å². The largest absolute Gasteiger partial charge is 0.417 e. The van der Waals surface area contributed by atoms with Crippen molar-refractivity contribution in [1.82, 2.24) is 4.90 Å². The van der Waals surface area contributed by atoms with Crippen molar-refractivity contribution in [2.75, 3.05) is 25.0 Å². The molecule has 0 spiro atoms. The predicted molar refractivity (Wildman–Crippen MR) is 86.9 cm³/mol. The van der Waals surface area contributed by atoms with Crippen LogP contribution < -0.4 is 4.90 Å². The first kappa shape index (κ1) is 23.1. The van der Waals surface area contributed by atoms with E-state index in [9.17, 15) is 31.1 Å². The maximum Gasteiger partial charge on any atom is 0.417 e. The predicted octanol–water partition coefficient (Wildman–Crippen LogP) is 3.71. The van der Waals surface area contributed by atoms with E-state index < -0.39 is 54.2 Å². The van der Waals surface area contributed by atoms with Gasteiger partial charge in [0.05, 0.1) is 23.3 Å². The second-order valence-electron chi connectivity index (χ2n) is 5.86. The van der Waals surface area contributed by atoms with Gasteiger partial charge in [0.1, 0.15) is 19.1 Å². The zero-order chi connectivity index (χ0) is 21.7. The molecule has 0 saturated heterocycles. The molecule has 28 heavy (non-hydrogen) atoms. The third-order valence-corrected chi connectivity index (χ3v) is 3.84. The van der Waals surface area contributed by atoms with E-state index in [1.807, 2.05) is 0 Å². The van der Waals surface area contributed by atoms with Crippen molar-refractivity contribution in [1.29, 1.82) is 10.5 Å². The van der Waals surface area contributed by atoms with Gasteiger partial charge in [-0.15, -0.1) is 0 Å². The SMILES string of the molecule is CCC(C(=O)N(C)CC#N)N(CC(F)(F)F)c1ccc(C#N)c(C(F)(F)F)c1. The zero-order valence-corrected chi connectivity index (χ0v) is 14.9. The maximum absolute atomic E-state index is 13.2. The van der Waals surface area contributed by atoms with Crippen LogP contribution in [0.15, 0.2) is 18.2 Å². The smallest absolute Gasteiger partial charge is 0.350 e. The van der Waals surface area contributed by atoms with Crippen molar-refractivity contribution < 1.29 is 31.1 Å². The summed E-state index contributed by atoms with van der Waals surface area (Å²) in [4.78, 5) is 13.9. The van der Waals surface area contributed by atoms with Crippen LogP contribution in [0.25, 0.3) is 0 Å². The highest BCUT2D eigenvalue weighted by Crippen LogP contribution is 2.36. The molecule has 1 amide bonds. The summed E-state index contributed by atoms with van der Waals surface area (Å²) in [6.45, 7) is -0.669. The lowest BCUT2D eigenvalue weighted by molar-refractivity contribution is -0.137. The van der Waals surface area contributed by atoms with Gasteiger partial charge in [0, 0.05) is 12.7 Å². The Hall–Kier alpha value is -2.95. The Bertz CT molecular complexity index is 791. The molecule has 0 aromatic heterocycles. The number of rotatable bonds is 6. The molecule has 0 N–H and O–H groups in total. The first-order valence-corrected chi connectivity index (χ1v) is 7.92. The van der Waals surface area contributed by atoms with Gasteiger partial charge >= 0.3 is 12.4 Å². The van der Waals surface area contributed by atoms with E-state index in [0.717, 1.165) is 17.0 Å². The van der Waals surface area contributed by atoms with Gasteiger partial charge in [0.15, 0.2) is 0 Å². The van der Waals surface area contributed by atoms with Crippen molar-refractivity contribution in [2.24, 2.45) is 0 Å². The molecule has 5 nitrogen and oxygen atoms in total. The van der Waals surface area contributed by atoms with Gasteiger partial charge in [0.25, 0.3) is 0 Å². The molecule has 0 saturated carbocycles. The van der Waals surface area contributed by atoms with Crippen LogP contribution >= 0.6 is 0 Å². The number of halogens is 6. The molecule has 0 heterocycles. The van der Waals surface area contributed by atoms with E-state index in [1.165, 1.54) is 20.0 Å². The molecule has 1 unspecified atom stereocenters. The summed E-state index contributed by atoms with van der Waals surface area (Å²) in [5, 5.41) is 17.5. The number of carbonyl (C=O) groups is 1. The molecule has 1 aromatic carbocycles. The van der Waals surface area contributed by atoms with Crippen LogP contribution in [0, 0.1) is 22.7 Å². The summed E-state index contributed by atoms with van der Waals surface area (Å²) >= 11 is 0. The van der Waals surface area contributed by atoms with Crippen molar-refractivity contribution in [3.63, 3.8) is 0 Å². The molecular weight excluding hydrogens is 390 g/mol. The van der Waals surface area contributed by atoms with Crippen LogP contribution in [0.1, 0.15) is 24.5 Å². The topological polar surface area (TPSA) is 71.1 Å². The number of hydrogen-bond donors (Lipinski definition) is 0. The van der Waals surface area contributed by atoms with Crippen molar-refractivity contribution in [3.8, 4) is 12.1 Å². The highest BCUT2D eigenvalue weighted by Gasteiger charge is 2.39. The van der Waals surface area contributed by atoms with Crippen molar-refractivity contribution >= 4 is 11.6 Å². The summed E-state index contributed by atoms with van der Waals surface area (Å²) in [7, 11) is 1.21. The van der Waals surface area contributed by atoms with Crippen LogP contribution in [0.3, 0.4) is 0 Å². The average Bonchev–Trinajstić information content (AvgIpc) is 2.59. The molecule has 0 bridgehead atoms. The lowest BCUT2D eigenvalue weighted by Crippen LogP contribution is -2.50. The lowest BCUT2D eigenvalue weighted by Gasteiger charge is -2.35. The van der Waals surface area contributed by atoms with E-state index in [1.54, 1.807) is 6.07 Å². The molecule has 11 heteroatoms. The van der Waals surface area contributed by atoms with Gasteiger partial charge in [-0.2, -0.15) is 36.9 Å². The molecule has 152 valence electrons. The Morgan fingerprint density at radius 3 is 2.21 bits per heavy atom. The third-order valence-electron chi connectivity index (χ3n) is 3.84. The number of benzene rings is 1. The van der Waals surface area contributed by atoms with Crippen LogP contribution in [-0.2, 0) is 11.0 Å². The minimum absolute atomic E-state index is 0.147.